The molecule has 1 aliphatic rings. The van der Waals surface area contributed by atoms with Crippen LogP contribution in [0.3, 0.4) is 0 Å². The van der Waals surface area contributed by atoms with E-state index in [1.807, 2.05) is 0 Å². The van der Waals surface area contributed by atoms with Crippen molar-refractivity contribution in [2.75, 3.05) is 0 Å². The quantitative estimate of drug-likeness (QED) is 0.574. The molecule has 2 rings (SSSR count). The number of nitrogens with one attached hydrogen (secondary N) is 2. The molecule has 0 saturated carbocycles. The van der Waals surface area contributed by atoms with Crippen molar-refractivity contribution in [3.8, 4) is 0 Å². The molecule has 0 spiro atoms. The Balaban J connectivity index is 2.44. The number of carbonyl (C=O) groups is 1. The van der Waals surface area contributed by atoms with Crippen LogP contribution in [0.25, 0.3) is 6.08 Å². The molecule has 0 atom stereocenters. The lowest BCUT2D eigenvalue weighted by molar-refractivity contribution is -0.115. The molecule has 6 heteroatoms. The Labute approximate surface area is 95.1 Å². The van der Waals surface area contributed by atoms with Gasteiger partial charge in [0.2, 0.25) is 0 Å². The summed E-state index contributed by atoms with van der Waals surface area (Å²) in [6, 6.07) is 3.47. The second-order valence-electron chi connectivity index (χ2n) is 3.10. The van der Waals surface area contributed by atoms with Gasteiger partial charge in [-0.1, -0.05) is 6.07 Å². The first-order valence-electron chi connectivity index (χ1n) is 4.36. The van der Waals surface area contributed by atoms with Gasteiger partial charge in [0, 0.05) is 5.56 Å². The molecule has 0 unspecified atom stereocenters. The third-order valence-electron chi connectivity index (χ3n) is 2.01. The maximum absolute atomic E-state index is 13.3. The van der Waals surface area contributed by atoms with Crippen LogP contribution >= 0.6 is 12.2 Å². The number of halogens is 2. The van der Waals surface area contributed by atoms with Crippen LogP contribution in [0.1, 0.15) is 5.56 Å². The molecule has 1 saturated heterocycles. The molecular weight excluding hydrogens is 234 g/mol. The SMILES string of the molecule is O=C1NC(=S)N/C1=C\c1c(F)cccc1F. The minimum atomic E-state index is -0.736. The standard InChI is InChI=1S/C10H6F2N2OS/c11-6-2-1-3-7(12)5(6)4-8-9(15)14-10(16)13-8/h1-4H,(H2,13,14,15,16)/b8-4-. The second kappa shape index (κ2) is 3.97. The van der Waals surface area contributed by atoms with Gasteiger partial charge in [-0.3, -0.25) is 10.1 Å². The molecule has 1 heterocycles. The molecule has 1 fully saturated rings. The minimum absolute atomic E-state index is 0.0222. The maximum atomic E-state index is 13.3. The predicted octanol–water partition coefficient (Wildman–Crippen LogP) is 1.31. The van der Waals surface area contributed by atoms with Crippen LogP contribution in [0.5, 0.6) is 0 Å². The molecule has 16 heavy (non-hydrogen) atoms. The van der Waals surface area contributed by atoms with Gasteiger partial charge in [-0.25, -0.2) is 8.78 Å². The predicted molar refractivity (Wildman–Crippen MR) is 58.2 cm³/mol. The van der Waals surface area contributed by atoms with Crippen molar-refractivity contribution < 1.29 is 13.6 Å². The molecule has 0 radical (unpaired) electrons. The van der Waals surface area contributed by atoms with E-state index in [2.05, 4.69) is 22.9 Å². The second-order valence-corrected chi connectivity index (χ2v) is 3.51. The lowest BCUT2D eigenvalue weighted by Crippen LogP contribution is -2.21. The first-order valence-corrected chi connectivity index (χ1v) is 4.77. The van der Waals surface area contributed by atoms with Crippen molar-refractivity contribution in [3.63, 3.8) is 0 Å². The minimum Gasteiger partial charge on any atom is -0.328 e. The van der Waals surface area contributed by atoms with Crippen molar-refractivity contribution in [1.29, 1.82) is 0 Å². The van der Waals surface area contributed by atoms with Gasteiger partial charge in [0.15, 0.2) is 5.11 Å². The van der Waals surface area contributed by atoms with Gasteiger partial charge in [-0.15, -0.1) is 0 Å². The van der Waals surface area contributed by atoms with Crippen molar-refractivity contribution in [3.05, 3.63) is 41.1 Å². The molecule has 1 aromatic carbocycles. The summed E-state index contributed by atoms with van der Waals surface area (Å²) in [5, 5.41) is 4.92. The van der Waals surface area contributed by atoms with Gasteiger partial charge in [-0.05, 0) is 30.4 Å². The maximum Gasteiger partial charge on any atom is 0.273 e. The third kappa shape index (κ3) is 1.92. The van der Waals surface area contributed by atoms with Crippen molar-refractivity contribution in [2.45, 2.75) is 0 Å². The van der Waals surface area contributed by atoms with E-state index in [0.29, 0.717) is 0 Å². The van der Waals surface area contributed by atoms with E-state index in [4.69, 9.17) is 0 Å². The molecular formula is C10H6F2N2OS. The number of carbonyl (C=O) groups excluding carboxylic acids is 1. The highest BCUT2D eigenvalue weighted by atomic mass is 32.1. The Morgan fingerprint density at radius 2 is 1.81 bits per heavy atom. The van der Waals surface area contributed by atoms with Crippen LogP contribution in [-0.4, -0.2) is 11.0 Å². The van der Waals surface area contributed by atoms with Crippen LogP contribution in [0, 0.1) is 11.6 Å². The summed E-state index contributed by atoms with van der Waals surface area (Å²) in [5.74, 6) is -1.98. The van der Waals surface area contributed by atoms with Crippen LogP contribution < -0.4 is 10.6 Å². The Kier molecular flexibility index (Phi) is 2.66. The monoisotopic (exact) mass is 240 g/mol. The first kappa shape index (κ1) is 10.7. The van der Waals surface area contributed by atoms with Crippen LogP contribution in [0.4, 0.5) is 8.78 Å². The summed E-state index contributed by atoms with van der Waals surface area (Å²) in [6.45, 7) is 0. The van der Waals surface area contributed by atoms with Crippen molar-refractivity contribution in [2.24, 2.45) is 0 Å². The highest BCUT2D eigenvalue weighted by molar-refractivity contribution is 7.80. The number of hydrogen-bond donors (Lipinski definition) is 2. The van der Waals surface area contributed by atoms with Crippen LogP contribution in [0.2, 0.25) is 0 Å². The Hall–Kier alpha value is -1.82. The largest absolute Gasteiger partial charge is 0.328 e. The third-order valence-corrected chi connectivity index (χ3v) is 2.21. The van der Waals surface area contributed by atoms with Gasteiger partial charge >= 0.3 is 0 Å². The molecule has 1 aliphatic heterocycles. The average Bonchev–Trinajstić information content (AvgIpc) is 2.51. The summed E-state index contributed by atoms with van der Waals surface area (Å²) in [4.78, 5) is 11.2. The van der Waals surface area contributed by atoms with Gasteiger partial charge in [0.25, 0.3) is 5.91 Å². The summed E-state index contributed by atoms with van der Waals surface area (Å²) < 4.78 is 26.5. The lowest BCUT2D eigenvalue weighted by atomic mass is 10.1. The molecule has 0 aromatic heterocycles. The highest BCUT2D eigenvalue weighted by Crippen LogP contribution is 2.16. The fraction of sp³-hybridized carbons (Fsp3) is 0. The smallest absolute Gasteiger partial charge is 0.273 e. The van der Waals surface area contributed by atoms with E-state index in [0.717, 1.165) is 18.2 Å². The van der Waals surface area contributed by atoms with Crippen LogP contribution in [-0.2, 0) is 4.79 Å². The summed E-state index contributed by atoms with van der Waals surface area (Å²) in [5.41, 5.74) is -0.251. The van der Waals surface area contributed by atoms with Gasteiger partial charge < -0.3 is 5.32 Å². The van der Waals surface area contributed by atoms with E-state index in [9.17, 15) is 13.6 Å². The molecule has 0 bridgehead atoms. The zero-order valence-electron chi connectivity index (χ0n) is 7.88. The fourth-order valence-electron chi connectivity index (χ4n) is 1.28. The summed E-state index contributed by atoms with van der Waals surface area (Å²) in [7, 11) is 0. The molecule has 3 nitrogen and oxygen atoms in total. The van der Waals surface area contributed by atoms with E-state index in [1.165, 1.54) is 6.07 Å². The lowest BCUT2D eigenvalue weighted by Gasteiger charge is -2.00. The molecule has 1 aromatic rings. The van der Waals surface area contributed by atoms with Gasteiger partial charge in [0.05, 0.1) is 0 Å². The fourth-order valence-corrected chi connectivity index (χ4v) is 1.48. The summed E-state index contributed by atoms with van der Waals surface area (Å²) in [6.07, 6.45) is 1.08. The number of rotatable bonds is 1. The van der Waals surface area contributed by atoms with E-state index in [1.54, 1.807) is 0 Å². The van der Waals surface area contributed by atoms with E-state index in [-0.39, 0.29) is 16.4 Å². The molecule has 82 valence electrons. The molecule has 2 N–H and O–H groups in total. The number of benzene rings is 1. The van der Waals surface area contributed by atoms with Crippen molar-refractivity contribution in [1.82, 2.24) is 10.6 Å². The number of thiocarbonyl (C=S) groups is 1. The molecule has 0 aliphatic carbocycles. The highest BCUT2D eigenvalue weighted by Gasteiger charge is 2.21. The Morgan fingerprint density at radius 1 is 1.19 bits per heavy atom. The normalized spacial score (nSPS) is 17.5. The Morgan fingerprint density at radius 3 is 2.31 bits per heavy atom. The van der Waals surface area contributed by atoms with Gasteiger partial charge in [0.1, 0.15) is 17.3 Å². The zero-order valence-corrected chi connectivity index (χ0v) is 8.70. The molecule has 1 amide bonds. The average molecular weight is 240 g/mol. The van der Waals surface area contributed by atoms with Crippen molar-refractivity contribution >= 4 is 29.3 Å². The number of amides is 1. The topological polar surface area (TPSA) is 41.1 Å². The first-order chi connectivity index (χ1) is 7.58. The Bertz CT molecular complexity index is 493. The summed E-state index contributed by atoms with van der Waals surface area (Å²) >= 11 is 4.68. The number of hydrogen-bond acceptors (Lipinski definition) is 2. The van der Waals surface area contributed by atoms with Gasteiger partial charge in [-0.2, -0.15) is 0 Å². The van der Waals surface area contributed by atoms with Crippen LogP contribution in [0.15, 0.2) is 23.9 Å². The van der Waals surface area contributed by atoms with E-state index >= 15 is 0 Å². The van der Waals surface area contributed by atoms with E-state index < -0.39 is 17.5 Å². The zero-order chi connectivity index (χ0) is 11.7.